The van der Waals surface area contributed by atoms with Crippen LogP contribution in [0.25, 0.3) is 0 Å². The highest BCUT2D eigenvalue weighted by Gasteiger charge is 2.53. The van der Waals surface area contributed by atoms with Crippen molar-refractivity contribution in [2.45, 2.75) is 185 Å². The number of likely N-dealkylation sites (N-methyl/N-ethyl adjacent to an activating group) is 2. The van der Waals surface area contributed by atoms with Crippen LogP contribution in [0.2, 0.25) is 0 Å². The minimum absolute atomic E-state index is 0.0990. The number of rotatable bonds is 7. The first-order valence-corrected chi connectivity index (χ1v) is 19.3. The molecule has 5 N–H and O–H groups in total. The number of ether oxygens (including phenoxy) is 6. The predicted octanol–water partition coefficient (Wildman–Crippen LogP) is 1.91. The van der Waals surface area contributed by atoms with Crippen LogP contribution in [0.4, 0.5) is 0 Å². The maximum absolute atomic E-state index is 14.2. The molecule has 15 heteroatoms. The molecule has 3 heterocycles. The third-order valence-corrected chi connectivity index (χ3v) is 12.3. The second-order valence-corrected chi connectivity index (χ2v) is 17.6. The summed E-state index contributed by atoms with van der Waals surface area (Å²) in [6.07, 6.45) is -9.60. The second kappa shape index (κ2) is 17.6. The molecule has 0 aromatic rings. The van der Waals surface area contributed by atoms with E-state index in [2.05, 4.69) is 0 Å². The molecule has 3 fully saturated rings. The quantitative estimate of drug-likeness (QED) is 0.143. The van der Waals surface area contributed by atoms with Gasteiger partial charge in [-0.15, -0.1) is 0 Å². The van der Waals surface area contributed by atoms with Crippen molar-refractivity contribution in [2.24, 2.45) is 17.8 Å². The van der Waals surface area contributed by atoms with Crippen molar-refractivity contribution in [3.8, 4) is 0 Å². The van der Waals surface area contributed by atoms with Crippen LogP contribution in [-0.4, -0.2) is 166 Å². The molecule has 0 aromatic heterocycles. The van der Waals surface area contributed by atoms with E-state index in [1.54, 1.807) is 55.4 Å². The molecule has 0 radical (unpaired) electrons. The predicted molar refractivity (Wildman–Crippen MR) is 196 cm³/mol. The van der Waals surface area contributed by atoms with E-state index < -0.39 is 113 Å². The minimum Gasteiger partial charge on any atom is -0.633 e. The summed E-state index contributed by atoms with van der Waals surface area (Å²) in [6.45, 7) is 17.6. The first-order valence-electron chi connectivity index (χ1n) is 19.3. The number of methoxy groups -OCH3 is 1. The Bertz CT molecular complexity index is 1190. The van der Waals surface area contributed by atoms with Crippen molar-refractivity contribution in [3.05, 3.63) is 5.21 Å². The number of nitrogens with zero attached hydrogens (tertiary/aromatic N) is 2. The number of carbonyl (C=O) groups excluding carboxylic acids is 1. The van der Waals surface area contributed by atoms with Gasteiger partial charge in [-0.05, 0) is 74.3 Å². The van der Waals surface area contributed by atoms with Gasteiger partial charge in [0.25, 0.3) is 0 Å². The average molecular weight is 765 g/mol. The van der Waals surface area contributed by atoms with Gasteiger partial charge in [-0.3, -0.25) is 4.79 Å². The van der Waals surface area contributed by atoms with Crippen molar-refractivity contribution in [1.29, 1.82) is 0 Å². The highest BCUT2D eigenvalue weighted by Crippen LogP contribution is 2.40. The highest BCUT2D eigenvalue weighted by atomic mass is 16.7. The monoisotopic (exact) mass is 765 g/mol. The maximum Gasteiger partial charge on any atom is 0.311 e. The lowest BCUT2D eigenvalue weighted by molar-refractivity contribution is -0.874. The lowest BCUT2D eigenvalue weighted by atomic mass is 9.77. The van der Waals surface area contributed by atoms with Crippen LogP contribution >= 0.6 is 0 Å². The van der Waals surface area contributed by atoms with Crippen LogP contribution in [0.1, 0.15) is 94.9 Å². The Hall–Kier alpha value is -1.05. The van der Waals surface area contributed by atoms with E-state index in [1.807, 2.05) is 18.9 Å². The molecule has 0 aliphatic carbocycles. The molecule has 1 unspecified atom stereocenters. The fraction of sp³-hybridized carbons (Fsp3) is 0.974. The van der Waals surface area contributed by atoms with Gasteiger partial charge >= 0.3 is 5.97 Å². The van der Waals surface area contributed by atoms with E-state index in [-0.39, 0.29) is 25.2 Å². The molecule has 0 aromatic carbocycles. The molecule has 15 nitrogen and oxygen atoms in total. The van der Waals surface area contributed by atoms with Crippen LogP contribution in [0.5, 0.6) is 0 Å². The fourth-order valence-electron chi connectivity index (χ4n) is 8.84. The van der Waals surface area contributed by atoms with E-state index >= 15 is 0 Å². The highest BCUT2D eigenvalue weighted by molar-refractivity contribution is 5.73. The lowest BCUT2D eigenvalue weighted by Gasteiger charge is -2.51. The van der Waals surface area contributed by atoms with Crippen LogP contribution in [0.15, 0.2) is 0 Å². The Labute approximate surface area is 317 Å². The molecule has 3 aliphatic rings. The van der Waals surface area contributed by atoms with Gasteiger partial charge in [0.05, 0.1) is 55.6 Å². The zero-order valence-electron chi connectivity index (χ0n) is 34.6. The SMILES string of the molecule is CC[C@H]1OC(=O)[C@H](C)[C@@H](O[C@H]2C[C@@](C)(OC)[C@H](O)[C@H](C)O2)[C@H](C)[C@@H](O[C@@H]2O[C@H](C)C[C@H]([N+](C)(C)[O-])[C@H]2O)C(C)(O)C[C@@H](C)CN(C)[C@H](C)[C@H](O)[C@]1(C)O. The molecular weight excluding hydrogens is 692 g/mol. The summed E-state index contributed by atoms with van der Waals surface area (Å²) in [5.41, 5.74) is -4.51. The number of hydrogen-bond acceptors (Lipinski definition) is 14. The molecule has 3 aliphatic heterocycles. The summed E-state index contributed by atoms with van der Waals surface area (Å²) < 4.78 is 36.5. The number of esters is 1. The number of aliphatic hydroxyl groups excluding tert-OH is 3. The largest absolute Gasteiger partial charge is 0.633 e. The van der Waals surface area contributed by atoms with Gasteiger partial charge in [0, 0.05) is 38.5 Å². The number of hydroxylamine groups is 3. The van der Waals surface area contributed by atoms with Crippen LogP contribution in [-0.2, 0) is 33.2 Å². The molecule has 0 bridgehead atoms. The van der Waals surface area contributed by atoms with Gasteiger partial charge in [-0.25, -0.2) is 0 Å². The van der Waals surface area contributed by atoms with E-state index in [9.17, 15) is 35.5 Å². The van der Waals surface area contributed by atoms with Crippen molar-refractivity contribution >= 4 is 5.97 Å². The molecule has 3 saturated heterocycles. The first-order chi connectivity index (χ1) is 24.2. The molecule has 53 heavy (non-hydrogen) atoms. The van der Waals surface area contributed by atoms with E-state index in [1.165, 1.54) is 28.1 Å². The van der Waals surface area contributed by atoms with E-state index in [0.29, 0.717) is 13.0 Å². The molecule has 0 amide bonds. The van der Waals surface area contributed by atoms with Gasteiger partial charge in [0.1, 0.15) is 30.0 Å². The Morgan fingerprint density at radius 1 is 0.962 bits per heavy atom. The minimum atomic E-state index is -1.83. The average Bonchev–Trinajstić information content (AvgIpc) is 3.05. The smallest absolute Gasteiger partial charge is 0.311 e. The summed E-state index contributed by atoms with van der Waals surface area (Å²) >= 11 is 0. The number of hydrogen-bond donors (Lipinski definition) is 5. The molecule has 0 saturated carbocycles. The third-order valence-electron chi connectivity index (χ3n) is 12.3. The molecule has 312 valence electrons. The normalized spacial score (nSPS) is 49.1. The zero-order valence-corrected chi connectivity index (χ0v) is 34.6. The Morgan fingerprint density at radius 2 is 1.57 bits per heavy atom. The Morgan fingerprint density at radius 3 is 2.11 bits per heavy atom. The molecular formula is C38H72N2O13. The molecule has 0 spiro atoms. The van der Waals surface area contributed by atoms with Gasteiger partial charge in [-0.1, -0.05) is 20.8 Å². The molecule has 18 atom stereocenters. The van der Waals surface area contributed by atoms with Gasteiger partial charge in [-0.2, -0.15) is 0 Å². The van der Waals surface area contributed by atoms with Crippen LogP contribution in [0.3, 0.4) is 0 Å². The van der Waals surface area contributed by atoms with Crippen molar-refractivity contribution in [2.75, 3.05) is 34.8 Å². The zero-order chi connectivity index (χ0) is 40.6. The number of carbonyl (C=O) groups is 1. The number of quaternary nitrogens is 1. The summed E-state index contributed by atoms with van der Waals surface area (Å²) in [6, 6.07) is -1.34. The second-order valence-electron chi connectivity index (χ2n) is 17.6. The first kappa shape index (κ1) is 46.3. The Kier molecular flexibility index (Phi) is 15.4. The summed E-state index contributed by atoms with van der Waals surface area (Å²) in [5, 5.41) is 71.3. The van der Waals surface area contributed by atoms with Gasteiger partial charge in [0.2, 0.25) is 0 Å². The van der Waals surface area contributed by atoms with Crippen molar-refractivity contribution in [3.63, 3.8) is 0 Å². The van der Waals surface area contributed by atoms with Crippen LogP contribution < -0.4 is 0 Å². The lowest BCUT2D eigenvalue weighted by Crippen LogP contribution is -2.62. The number of aliphatic hydroxyl groups is 5. The van der Waals surface area contributed by atoms with Crippen LogP contribution in [0, 0.1) is 23.0 Å². The van der Waals surface area contributed by atoms with E-state index in [0.717, 1.165) is 0 Å². The topological polar surface area (TPSA) is 200 Å². The maximum atomic E-state index is 14.2. The van der Waals surface area contributed by atoms with Crippen molar-refractivity contribution < 1.29 is 63.4 Å². The van der Waals surface area contributed by atoms with Gasteiger partial charge < -0.3 is 68.7 Å². The fourth-order valence-corrected chi connectivity index (χ4v) is 8.84. The third kappa shape index (κ3) is 10.5. The standard InChI is InChI=1S/C38H72N2O13/c1-15-27-38(10,46)31(42)24(6)39(11)19-20(2)17-36(8,45)33(53-35-29(41)26(40(12,13)47)16-21(3)49-35)22(4)30(23(5)34(44)51-27)52-28-18-37(9,48-14)32(43)25(7)50-28/h20-33,35,41-43,45-46H,15-19H2,1-14H3/t20-,21-,22+,23-,24-,25+,26+,27-,28+,29-,30+,31+,32-,33-,35+,36?,37-,38-/m1/s1. The number of cyclic esters (lactones) is 1. The Balaban J connectivity index is 2.19. The van der Waals surface area contributed by atoms with Gasteiger partial charge in [0.15, 0.2) is 18.7 Å². The van der Waals surface area contributed by atoms with Crippen molar-refractivity contribution in [1.82, 2.24) is 4.90 Å². The molecule has 3 rings (SSSR count). The summed E-state index contributed by atoms with van der Waals surface area (Å²) in [4.78, 5) is 16.1. The summed E-state index contributed by atoms with van der Waals surface area (Å²) in [7, 11) is 6.21. The van der Waals surface area contributed by atoms with E-state index in [4.69, 9.17) is 28.4 Å². The summed E-state index contributed by atoms with van der Waals surface area (Å²) in [5.74, 6) is -2.80.